The number of hydrogen-bond donors (Lipinski definition) is 1. The third-order valence-corrected chi connectivity index (χ3v) is 11.7. The van der Waals surface area contributed by atoms with E-state index in [4.69, 9.17) is 20.9 Å². The fourth-order valence-electron chi connectivity index (χ4n) is 8.86. The van der Waals surface area contributed by atoms with Crippen molar-refractivity contribution in [2.24, 2.45) is 5.41 Å². The first-order valence-corrected chi connectivity index (χ1v) is 18.8. The molecule has 3 saturated heterocycles. The topological polar surface area (TPSA) is 104 Å². The molecule has 0 bridgehead atoms. The van der Waals surface area contributed by atoms with E-state index in [2.05, 4.69) is 48.1 Å². The number of halogens is 3. The average molecular weight is 757 g/mol. The Bertz CT molecular complexity index is 2180. The number of amides is 1. The molecule has 2 aromatic heterocycles. The Morgan fingerprint density at radius 3 is 2.69 bits per heavy atom. The lowest BCUT2D eigenvalue weighted by Crippen LogP contribution is -2.61. The van der Waals surface area contributed by atoms with Crippen LogP contribution in [-0.4, -0.2) is 106 Å². The molecule has 0 aliphatic carbocycles. The smallest absolute Gasteiger partial charge is 0.319 e. The zero-order chi connectivity index (χ0) is 39.2. The zero-order valence-electron chi connectivity index (χ0n) is 31.7. The molecule has 7 rings (SSSR count). The Labute approximate surface area is 319 Å². The number of ether oxygens (including phenoxy) is 2. The molecular weight excluding hydrogens is 709 g/mol. The minimum Gasteiger partial charge on any atom is -0.508 e. The lowest BCUT2D eigenvalue weighted by Gasteiger charge is -2.51. The number of likely N-dealkylation sites (N-methyl/N-ethyl adjacent to an activating group) is 1. The molecule has 13 heteroatoms. The van der Waals surface area contributed by atoms with Crippen LogP contribution >= 0.6 is 0 Å². The number of alkyl halides is 1. The SMILES string of the molecule is C#Cc1c(F)ccc2cc(O)cc(-c3ncc4c(N(C)C[C@@H]5CCCN5C(=O)C=C)nc(OC[C@]5(C(C)(C)C)C[C@@H](F)CN5C5CCOCC5)nc4c3F)c12. The number of benzene rings is 2. The number of terminal acetylenes is 1. The summed E-state index contributed by atoms with van der Waals surface area (Å²) in [5.74, 6) is 0.784. The highest BCUT2D eigenvalue weighted by Crippen LogP contribution is 2.47. The maximum atomic E-state index is 17.2. The molecule has 1 amide bonds. The van der Waals surface area contributed by atoms with E-state index in [1.165, 1.54) is 36.5 Å². The van der Waals surface area contributed by atoms with Gasteiger partial charge in [0.1, 0.15) is 41.4 Å². The Hall–Kier alpha value is -4.93. The molecular formula is C42H47F3N6O4. The number of nitrogens with zero attached hydrogens (tertiary/aromatic N) is 6. The number of carbonyl (C=O) groups excluding carboxylic acids is 1. The fraction of sp³-hybridized carbons (Fsp3) is 0.476. The number of hydrogen-bond acceptors (Lipinski definition) is 9. The van der Waals surface area contributed by atoms with E-state index in [0.717, 1.165) is 25.7 Å². The van der Waals surface area contributed by atoms with Crippen LogP contribution in [0.25, 0.3) is 32.9 Å². The zero-order valence-corrected chi connectivity index (χ0v) is 31.7. The van der Waals surface area contributed by atoms with E-state index in [1.807, 2.05) is 4.90 Å². The molecule has 0 radical (unpaired) electrons. The van der Waals surface area contributed by atoms with Gasteiger partial charge in [0.25, 0.3) is 0 Å². The van der Waals surface area contributed by atoms with Crippen LogP contribution < -0.4 is 9.64 Å². The van der Waals surface area contributed by atoms with Crippen LogP contribution in [0.5, 0.6) is 11.8 Å². The number of carbonyl (C=O) groups is 1. The van der Waals surface area contributed by atoms with E-state index >= 15 is 13.2 Å². The first-order valence-electron chi connectivity index (χ1n) is 18.8. The summed E-state index contributed by atoms with van der Waals surface area (Å²) in [4.78, 5) is 32.5. The van der Waals surface area contributed by atoms with Crippen LogP contribution in [0.3, 0.4) is 0 Å². The number of fused-ring (bicyclic) bond motifs is 2. The van der Waals surface area contributed by atoms with Crippen molar-refractivity contribution in [3.05, 3.63) is 60.3 Å². The van der Waals surface area contributed by atoms with Crippen molar-refractivity contribution in [2.75, 3.05) is 51.4 Å². The quantitative estimate of drug-likeness (QED) is 0.146. The number of rotatable bonds is 9. The molecule has 10 nitrogen and oxygen atoms in total. The summed E-state index contributed by atoms with van der Waals surface area (Å²) in [6.07, 6.45) is 10.8. The van der Waals surface area contributed by atoms with E-state index in [0.29, 0.717) is 37.5 Å². The second-order valence-electron chi connectivity index (χ2n) is 16.0. The van der Waals surface area contributed by atoms with E-state index < -0.39 is 28.8 Å². The second kappa shape index (κ2) is 15.0. The number of aromatic hydroxyl groups is 1. The summed E-state index contributed by atoms with van der Waals surface area (Å²) in [7, 11) is 1.80. The Morgan fingerprint density at radius 2 is 1.98 bits per heavy atom. The molecule has 0 saturated carbocycles. The summed E-state index contributed by atoms with van der Waals surface area (Å²) in [5, 5.41) is 11.5. The van der Waals surface area contributed by atoms with E-state index in [1.54, 1.807) is 11.9 Å². The highest BCUT2D eigenvalue weighted by Gasteiger charge is 2.56. The normalized spacial score (nSPS) is 22.3. The molecule has 2 aromatic carbocycles. The molecule has 3 atom stereocenters. The summed E-state index contributed by atoms with van der Waals surface area (Å²) in [6, 6.07) is 5.19. The summed E-state index contributed by atoms with van der Waals surface area (Å²) in [6.45, 7) is 12.3. The van der Waals surface area contributed by atoms with Gasteiger partial charge in [-0.05, 0) is 60.8 Å². The van der Waals surface area contributed by atoms with Gasteiger partial charge in [0.15, 0.2) is 5.82 Å². The van der Waals surface area contributed by atoms with Crippen LogP contribution in [0, 0.1) is 29.4 Å². The first kappa shape index (κ1) is 38.3. The van der Waals surface area contributed by atoms with Crippen molar-refractivity contribution in [3.63, 3.8) is 0 Å². The molecule has 5 heterocycles. The number of pyridine rings is 1. The minimum atomic E-state index is -1.07. The highest BCUT2D eigenvalue weighted by molar-refractivity contribution is 6.03. The van der Waals surface area contributed by atoms with Gasteiger partial charge in [0, 0.05) is 75.5 Å². The monoisotopic (exact) mass is 756 g/mol. The van der Waals surface area contributed by atoms with Crippen molar-refractivity contribution in [1.82, 2.24) is 24.8 Å². The summed E-state index contributed by atoms with van der Waals surface area (Å²) in [5.41, 5.74) is -1.53. The van der Waals surface area contributed by atoms with E-state index in [9.17, 15) is 9.90 Å². The van der Waals surface area contributed by atoms with Gasteiger partial charge in [-0.15, -0.1) is 6.42 Å². The lowest BCUT2D eigenvalue weighted by molar-refractivity contribution is -0.126. The van der Waals surface area contributed by atoms with Gasteiger partial charge in [-0.1, -0.05) is 39.3 Å². The van der Waals surface area contributed by atoms with E-state index in [-0.39, 0.29) is 82.4 Å². The van der Waals surface area contributed by atoms with Crippen molar-refractivity contribution in [3.8, 4) is 35.4 Å². The minimum absolute atomic E-state index is 0.0364. The first-order chi connectivity index (χ1) is 26.3. The third kappa shape index (κ3) is 6.95. The number of phenols is 1. The average Bonchev–Trinajstić information content (AvgIpc) is 3.78. The predicted octanol–water partition coefficient (Wildman–Crippen LogP) is 6.81. The van der Waals surface area contributed by atoms with Crippen molar-refractivity contribution >= 4 is 33.4 Å². The Kier molecular flexibility index (Phi) is 10.4. The van der Waals surface area contributed by atoms with Crippen LogP contribution in [0.1, 0.15) is 58.4 Å². The number of likely N-dealkylation sites (tertiary alicyclic amines) is 2. The van der Waals surface area contributed by atoms with Crippen LogP contribution in [0.4, 0.5) is 19.0 Å². The molecule has 0 unspecified atom stereocenters. The third-order valence-electron chi connectivity index (χ3n) is 11.7. The molecule has 3 aliphatic rings. The highest BCUT2D eigenvalue weighted by atomic mass is 19.1. The number of aromatic nitrogens is 3. The van der Waals surface area contributed by atoms with Gasteiger partial charge in [0.05, 0.1) is 16.5 Å². The molecule has 3 aliphatic heterocycles. The summed E-state index contributed by atoms with van der Waals surface area (Å²) >= 11 is 0. The van der Waals surface area contributed by atoms with Crippen LogP contribution in [-0.2, 0) is 9.53 Å². The molecule has 4 aromatic rings. The molecule has 0 spiro atoms. The van der Waals surface area contributed by atoms with Crippen molar-refractivity contribution in [2.45, 2.75) is 76.7 Å². The van der Waals surface area contributed by atoms with Crippen molar-refractivity contribution in [1.29, 1.82) is 0 Å². The Balaban J connectivity index is 1.36. The molecule has 3 fully saturated rings. The number of phenolic OH excluding ortho intramolecular Hbond substituents is 1. The van der Waals surface area contributed by atoms with Crippen LogP contribution in [0.15, 0.2) is 43.1 Å². The maximum Gasteiger partial charge on any atom is 0.319 e. The molecule has 1 N–H and O–H groups in total. The van der Waals surface area contributed by atoms with Gasteiger partial charge in [-0.25, -0.2) is 13.2 Å². The predicted molar refractivity (Wildman–Crippen MR) is 206 cm³/mol. The van der Waals surface area contributed by atoms with Gasteiger partial charge in [-0.3, -0.25) is 14.7 Å². The largest absolute Gasteiger partial charge is 0.508 e. The Morgan fingerprint density at radius 1 is 1.22 bits per heavy atom. The molecule has 290 valence electrons. The van der Waals surface area contributed by atoms with Gasteiger partial charge in [-0.2, -0.15) is 9.97 Å². The van der Waals surface area contributed by atoms with Gasteiger partial charge >= 0.3 is 6.01 Å². The van der Waals surface area contributed by atoms with Gasteiger partial charge < -0.3 is 24.4 Å². The van der Waals surface area contributed by atoms with Crippen LogP contribution in [0.2, 0.25) is 0 Å². The number of anilines is 1. The maximum absolute atomic E-state index is 17.2. The summed E-state index contributed by atoms with van der Waals surface area (Å²) < 4.78 is 59.8. The lowest BCUT2D eigenvalue weighted by atomic mass is 9.71. The van der Waals surface area contributed by atoms with Crippen molar-refractivity contribution < 1.29 is 32.5 Å². The standard InChI is InChI=1S/C42H47F3N6O4/c1-7-30-33(44)12-11-25-18-29(52)19-31(35(25)30)37-36(45)38-32(21-46-37)39(49(6)23-28-10-9-15-50(28)34(53)8-2)48-40(47-38)55-24-42(41(3,4)5)20-26(43)22-51(42)27-13-16-54-17-14-27/h1,8,11-12,18-19,21,26-28,52H,2,9-10,13-17,20,22-24H2,3-6H3/t26-,28+,42+/m1/s1. The molecule has 55 heavy (non-hydrogen) atoms. The second-order valence-corrected chi connectivity index (χ2v) is 16.0. The van der Waals surface area contributed by atoms with Gasteiger partial charge in [0.2, 0.25) is 5.91 Å². The fourth-order valence-corrected chi connectivity index (χ4v) is 8.86.